The summed E-state index contributed by atoms with van der Waals surface area (Å²) in [6.07, 6.45) is 5.75. The molecule has 1 unspecified atom stereocenters. The molecule has 0 saturated heterocycles. The van der Waals surface area contributed by atoms with Crippen LogP contribution in [0.15, 0.2) is 12.4 Å². The van der Waals surface area contributed by atoms with Crippen molar-refractivity contribution in [2.75, 3.05) is 0 Å². The van der Waals surface area contributed by atoms with Crippen LogP contribution in [-0.2, 0) is 17.8 Å². The van der Waals surface area contributed by atoms with E-state index in [1.165, 1.54) is 0 Å². The van der Waals surface area contributed by atoms with Crippen molar-refractivity contribution in [2.45, 2.75) is 45.2 Å². The Balaban J connectivity index is 2.44. The number of nitrogens with two attached hydrogens (primary N) is 1. The first-order valence-electron chi connectivity index (χ1n) is 5.49. The Bertz CT molecular complexity index is 358. The summed E-state index contributed by atoms with van der Waals surface area (Å²) < 4.78 is 2.04. The van der Waals surface area contributed by atoms with Crippen molar-refractivity contribution in [3.05, 3.63) is 18.2 Å². The molecule has 0 aliphatic rings. The van der Waals surface area contributed by atoms with Gasteiger partial charge in [0, 0.05) is 25.4 Å². The first-order valence-corrected chi connectivity index (χ1v) is 5.49. The summed E-state index contributed by atoms with van der Waals surface area (Å²) in [5.41, 5.74) is 4.51. The number of hydrogen-bond donors (Lipinski definition) is 2. The van der Waals surface area contributed by atoms with Crippen LogP contribution in [0.5, 0.6) is 0 Å². The molecule has 0 bridgehead atoms. The predicted molar refractivity (Wildman–Crippen MR) is 61.1 cm³/mol. The van der Waals surface area contributed by atoms with E-state index in [4.69, 9.17) is 10.8 Å². The van der Waals surface area contributed by atoms with Gasteiger partial charge in [-0.05, 0) is 19.8 Å². The lowest BCUT2D eigenvalue weighted by Crippen LogP contribution is -2.44. The van der Waals surface area contributed by atoms with E-state index in [1.54, 1.807) is 13.1 Å². The van der Waals surface area contributed by atoms with Gasteiger partial charge in [-0.2, -0.15) is 0 Å². The second kappa shape index (κ2) is 5.12. The summed E-state index contributed by atoms with van der Waals surface area (Å²) >= 11 is 0. The Morgan fingerprint density at radius 1 is 1.69 bits per heavy atom. The largest absolute Gasteiger partial charge is 0.480 e. The maximum Gasteiger partial charge on any atom is 0.323 e. The number of carboxylic acid groups (broad SMARTS) is 1. The number of aliphatic carboxylic acids is 1. The summed E-state index contributed by atoms with van der Waals surface area (Å²) in [7, 11) is 0. The topological polar surface area (TPSA) is 81.1 Å². The molecule has 0 amide bonds. The fourth-order valence-electron chi connectivity index (χ4n) is 1.58. The van der Waals surface area contributed by atoms with E-state index in [-0.39, 0.29) is 0 Å². The maximum absolute atomic E-state index is 10.8. The number of carboxylic acids is 1. The van der Waals surface area contributed by atoms with Gasteiger partial charge in [0.2, 0.25) is 0 Å². The van der Waals surface area contributed by atoms with Gasteiger partial charge in [-0.3, -0.25) is 4.79 Å². The van der Waals surface area contributed by atoms with Crippen molar-refractivity contribution >= 4 is 5.97 Å². The lowest BCUT2D eigenvalue weighted by Gasteiger charge is -2.19. The number of rotatable bonds is 6. The zero-order valence-corrected chi connectivity index (χ0v) is 9.81. The molecule has 5 heteroatoms. The molecule has 1 heterocycles. The van der Waals surface area contributed by atoms with Gasteiger partial charge in [0.25, 0.3) is 0 Å². The molecule has 0 aromatic carbocycles. The molecule has 16 heavy (non-hydrogen) atoms. The van der Waals surface area contributed by atoms with E-state index in [2.05, 4.69) is 4.98 Å². The van der Waals surface area contributed by atoms with Crippen LogP contribution in [0.3, 0.4) is 0 Å². The minimum atomic E-state index is -1.13. The minimum Gasteiger partial charge on any atom is -0.480 e. The van der Waals surface area contributed by atoms with Crippen LogP contribution in [0, 0.1) is 0 Å². The van der Waals surface area contributed by atoms with E-state index >= 15 is 0 Å². The minimum absolute atomic E-state index is 0.462. The lowest BCUT2D eigenvalue weighted by molar-refractivity contribution is -0.142. The van der Waals surface area contributed by atoms with Crippen molar-refractivity contribution in [3.63, 3.8) is 0 Å². The van der Waals surface area contributed by atoms with Gasteiger partial charge >= 0.3 is 5.97 Å². The number of carbonyl (C=O) groups is 1. The van der Waals surface area contributed by atoms with Crippen LogP contribution in [0.25, 0.3) is 0 Å². The Hall–Kier alpha value is -1.36. The molecule has 1 atom stereocenters. The van der Waals surface area contributed by atoms with Crippen LogP contribution < -0.4 is 5.73 Å². The van der Waals surface area contributed by atoms with Crippen molar-refractivity contribution in [1.29, 1.82) is 0 Å². The van der Waals surface area contributed by atoms with Crippen molar-refractivity contribution < 1.29 is 9.90 Å². The monoisotopic (exact) mass is 225 g/mol. The Morgan fingerprint density at radius 3 is 2.94 bits per heavy atom. The number of aryl methyl sites for hydroxylation is 2. The predicted octanol–water partition coefficient (Wildman–Crippen LogP) is 1.03. The number of imidazole rings is 1. The molecule has 0 saturated carbocycles. The van der Waals surface area contributed by atoms with Crippen molar-refractivity contribution in [1.82, 2.24) is 9.55 Å². The highest BCUT2D eigenvalue weighted by molar-refractivity contribution is 5.77. The molecule has 0 spiro atoms. The van der Waals surface area contributed by atoms with Gasteiger partial charge in [0.05, 0.1) is 0 Å². The number of hydrogen-bond acceptors (Lipinski definition) is 3. The highest BCUT2D eigenvalue weighted by Gasteiger charge is 2.26. The van der Waals surface area contributed by atoms with E-state index in [1.807, 2.05) is 17.7 Å². The molecule has 0 fully saturated rings. The number of aromatic nitrogens is 2. The molecule has 1 rings (SSSR count). The fourth-order valence-corrected chi connectivity index (χ4v) is 1.58. The van der Waals surface area contributed by atoms with Crippen molar-refractivity contribution in [3.8, 4) is 0 Å². The second-order valence-electron chi connectivity index (χ2n) is 4.22. The first kappa shape index (κ1) is 12.7. The Kier molecular flexibility index (Phi) is 4.06. The van der Waals surface area contributed by atoms with Crippen LogP contribution in [0.1, 0.15) is 32.5 Å². The van der Waals surface area contributed by atoms with Crippen LogP contribution in [-0.4, -0.2) is 26.2 Å². The Labute approximate surface area is 95.3 Å². The normalized spacial score (nSPS) is 14.7. The molecule has 3 N–H and O–H groups in total. The molecule has 0 aliphatic heterocycles. The van der Waals surface area contributed by atoms with E-state index < -0.39 is 11.5 Å². The van der Waals surface area contributed by atoms with Gasteiger partial charge in [0.1, 0.15) is 11.4 Å². The van der Waals surface area contributed by atoms with Gasteiger partial charge in [0.15, 0.2) is 0 Å². The summed E-state index contributed by atoms with van der Waals surface area (Å²) in [5.74, 6) is 0.0721. The molecule has 0 aliphatic carbocycles. The quantitative estimate of drug-likeness (QED) is 0.757. The average molecular weight is 225 g/mol. The molecule has 1 aromatic heterocycles. The van der Waals surface area contributed by atoms with Gasteiger partial charge in [-0.25, -0.2) is 4.98 Å². The highest BCUT2D eigenvalue weighted by Crippen LogP contribution is 2.11. The summed E-state index contributed by atoms with van der Waals surface area (Å²) in [6, 6.07) is 0. The summed E-state index contributed by atoms with van der Waals surface area (Å²) in [4.78, 5) is 15.0. The standard InChI is InChI=1S/C11H19N3O2/c1-3-9-13-6-8-14(9)7-4-5-11(2,12)10(15)16/h6,8H,3-5,7,12H2,1-2H3,(H,15,16). The third-order valence-electron chi connectivity index (χ3n) is 2.70. The fraction of sp³-hybridized carbons (Fsp3) is 0.636. The van der Waals surface area contributed by atoms with Crippen LogP contribution >= 0.6 is 0 Å². The third-order valence-corrected chi connectivity index (χ3v) is 2.70. The average Bonchev–Trinajstić information content (AvgIpc) is 2.64. The maximum atomic E-state index is 10.8. The molecule has 5 nitrogen and oxygen atoms in total. The lowest BCUT2D eigenvalue weighted by atomic mass is 9.97. The number of nitrogens with zero attached hydrogens (tertiary/aromatic N) is 2. The van der Waals surface area contributed by atoms with Crippen LogP contribution in [0.4, 0.5) is 0 Å². The Morgan fingerprint density at radius 2 is 2.38 bits per heavy atom. The van der Waals surface area contributed by atoms with E-state index in [0.717, 1.165) is 25.2 Å². The molecule has 1 aromatic rings. The van der Waals surface area contributed by atoms with Crippen LogP contribution in [0.2, 0.25) is 0 Å². The van der Waals surface area contributed by atoms with Gasteiger partial charge < -0.3 is 15.4 Å². The SMILES string of the molecule is CCc1nccn1CCCC(C)(N)C(=O)O. The summed E-state index contributed by atoms with van der Waals surface area (Å²) in [6.45, 7) is 4.36. The molecule has 90 valence electrons. The smallest absolute Gasteiger partial charge is 0.323 e. The van der Waals surface area contributed by atoms with Gasteiger partial charge in [-0.1, -0.05) is 6.92 Å². The zero-order valence-electron chi connectivity index (χ0n) is 9.81. The third kappa shape index (κ3) is 3.06. The molecular formula is C11H19N3O2. The highest BCUT2D eigenvalue weighted by atomic mass is 16.4. The first-order chi connectivity index (χ1) is 7.47. The molecule has 0 radical (unpaired) electrons. The second-order valence-corrected chi connectivity index (χ2v) is 4.22. The zero-order chi connectivity index (χ0) is 12.2. The van der Waals surface area contributed by atoms with Gasteiger partial charge in [-0.15, -0.1) is 0 Å². The summed E-state index contributed by atoms with van der Waals surface area (Å²) in [5, 5.41) is 8.86. The van der Waals surface area contributed by atoms with E-state index in [0.29, 0.717) is 6.42 Å². The molecular weight excluding hydrogens is 206 g/mol. The van der Waals surface area contributed by atoms with Crippen molar-refractivity contribution in [2.24, 2.45) is 5.73 Å². The van der Waals surface area contributed by atoms with E-state index in [9.17, 15) is 4.79 Å².